The normalized spacial score (nSPS) is 13.0. The van der Waals surface area contributed by atoms with E-state index in [1.807, 2.05) is 0 Å². The second-order valence-corrected chi connectivity index (χ2v) is 7.61. The van der Waals surface area contributed by atoms with E-state index in [0.717, 1.165) is 6.42 Å². The minimum absolute atomic E-state index is 0.182. The summed E-state index contributed by atoms with van der Waals surface area (Å²) in [5.41, 5.74) is 3.28. The molecular formula is C20H31N. The summed E-state index contributed by atoms with van der Waals surface area (Å²) in [5, 5.41) is 1.37. The first-order chi connectivity index (χ1) is 9.81. The van der Waals surface area contributed by atoms with Crippen LogP contribution in [0, 0.1) is 0 Å². The third-order valence-corrected chi connectivity index (χ3v) is 5.14. The van der Waals surface area contributed by atoms with Crippen molar-refractivity contribution in [2.45, 2.75) is 78.2 Å². The summed E-state index contributed by atoms with van der Waals surface area (Å²) in [5.74, 6) is 0. The lowest BCUT2D eigenvalue weighted by atomic mass is 9.80. The zero-order valence-corrected chi connectivity index (χ0v) is 14.7. The van der Waals surface area contributed by atoms with E-state index in [1.54, 1.807) is 0 Å². The maximum atomic E-state index is 2.42. The molecule has 1 nitrogen and oxygen atoms in total. The highest BCUT2D eigenvalue weighted by Gasteiger charge is 2.22. The van der Waals surface area contributed by atoms with Gasteiger partial charge in [0.1, 0.15) is 0 Å². The fourth-order valence-corrected chi connectivity index (χ4v) is 3.02. The monoisotopic (exact) mass is 285 g/mol. The van der Waals surface area contributed by atoms with Crippen molar-refractivity contribution in [2.24, 2.45) is 0 Å². The molecule has 0 aliphatic heterocycles. The minimum Gasteiger partial charge on any atom is -0.342 e. The van der Waals surface area contributed by atoms with Crippen LogP contribution < -0.4 is 0 Å². The Hall–Kier alpha value is -1.24. The van der Waals surface area contributed by atoms with Crippen LogP contribution in [0.1, 0.15) is 72.8 Å². The topological polar surface area (TPSA) is 4.93 Å². The molecule has 0 bridgehead atoms. The van der Waals surface area contributed by atoms with Gasteiger partial charge in [-0.1, -0.05) is 46.6 Å². The number of unbranched alkanes of at least 4 members (excludes halogenated alkanes) is 1. The molecule has 0 atom stereocenters. The van der Waals surface area contributed by atoms with Crippen LogP contribution in [-0.4, -0.2) is 4.57 Å². The molecule has 21 heavy (non-hydrogen) atoms. The average molecular weight is 285 g/mol. The maximum absolute atomic E-state index is 2.42. The van der Waals surface area contributed by atoms with Crippen molar-refractivity contribution in [3.8, 4) is 0 Å². The molecule has 116 valence electrons. The molecule has 1 aromatic heterocycles. The van der Waals surface area contributed by atoms with Crippen molar-refractivity contribution >= 4 is 10.9 Å². The molecule has 1 heteroatoms. The van der Waals surface area contributed by atoms with Gasteiger partial charge in [0, 0.05) is 17.3 Å². The summed E-state index contributed by atoms with van der Waals surface area (Å²) >= 11 is 0. The highest BCUT2D eigenvalue weighted by molar-refractivity contribution is 5.81. The molecule has 0 saturated carbocycles. The van der Waals surface area contributed by atoms with Gasteiger partial charge in [-0.3, -0.25) is 0 Å². The number of fused-ring (bicyclic) bond motifs is 1. The Balaban J connectivity index is 2.41. The van der Waals surface area contributed by atoms with Crippen LogP contribution in [0.5, 0.6) is 0 Å². The Labute approximate surface area is 130 Å². The number of nitrogens with zero attached hydrogens (tertiary/aromatic N) is 1. The Morgan fingerprint density at radius 2 is 1.71 bits per heavy atom. The van der Waals surface area contributed by atoms with Crippen LogP contribution in [0.2, 0.25) is 0 Å². The molecule has 2 aromatic rings. The minimum atomic E-state index is 0.182. The highest BCUT2D eigenvalue weighted by Crippen LogP contribution is 2.33. The van der Waals surface area contributed by atoms with Crippen LogP contribution in [0.25, 0.3) is 10.9 Å². The lowest BCUT2D eigenvalue weighted by Gasteiger charge is -2.28. The molecule has 2 rings (SSSR count). The third kappa shape index (κ3) is 3.17. The summed E-state index contributed by atoms with van der Waals surface area (Å²) < 4.78 is 2.42. The van der Waals surface area contributed by atoms with Gasteiger partial charge >= 0.3 is 0 Å². The summed E-state index contributed by atoms with van der Waals surface area (Å²) in [7, 11) is 0. The smallest absolute Gasteiger partial charge is 0.0485 e. The van der Waals surface area contributed by atoms with E-state index >= 15 is 0 Å². The Bertz CT molecular complexity index is 601. The van der Waals surface area contributed by atoms with Crippen molar-refractivity contribution in [3.05, 3.63) is 36.0 Å². The number of aromatic nitrogens is 1. The average Bonchev–Trinajstić information content (AvgIpc) is 2.89. The SMILES string of the molecule is CCCCC(C)(C)c1ccc2c(ccn2C(C)(C)CC)c1. The van der Waals surface area contributed by atoms with Crippen molar-refractivity contribution in [1.82, 2.24) is 4.57 Å². The molecule has 0 N–H and O–H groups in total. The van der Waals surface area contributed by atoms with Gasteiger partial charge in [0.25, 0.3) is 0 Å². The first-order valence-corrected chi connectivity index (χ1v) is 8.44. The van der Waals surface area contributed by atoms with E-state index in [1.165, 1.54) is 35.7 Å². The van der Waals surface area contributed by atoms with E-state index in [4.69, 9.17) is 0 Å². The summed E-state index contributed by atoms with van der Waals surface area (Å²) in [6.07, 6.45) is 7.22. The standard InChI is InChI=1S/C20H31N/c1-7-9-13-19(3,4)17-10-11-18-16(15-17)12-14-21(18)20(5,6)8-2/h10-12,14-15H,7-9,13H2,1-6H3. The van der Waals surface area contributed by atoms with Gasteiger partial charge < -0.3 is 4.57 Å². The van der Waals surface area contributed by atoms with Crippen molar-refractivity contribution in [2.75, 3.05) is 0 Å². The van der Waals surface area contributed by atoms with Crippen molar-refractivity contribution < 1.29 is 0 Å². The van der Waals surface area contributed by atoms with Crippen LogP contribution in [0.15, 0.2) is 30.5 Å². The molecule has 0 amide bonds. The number of hydrogen-bond acceptors (Lipinski definition) is 0. The molecule has 0 radical (unpaired) electrons. The summed E-state index contributed by atoms with van der Waals surface area (Å²) in [6.45, 7) is 13.9. The first kappa shape index (κ1) is 16.1. The van der Waals surface area contributed by atoms with Crippen LogP contribution in [0.3, 0.4) is 0 Å². The van der Waals surface area contributed by atoms with Crippen LogP contribution in [0.4, 0.5) is 0 Å². The van der Waals surface area contributed by atoms with E-state index in [2.05, 4.69) is 76.6 Å². The van der Waals surface area contributed by atoms with Crippen molar-refractivity contribution in [3.63, 3.8) is 0 Å². The van der Waals surface area contributed by atoms with Gasteiger partial charge in [-0.15, -0.1) is 0 Å². The fourth-order valence-electron chi connectivity index (χ4n) is 3.02. The van der Waals surface area contributed by atoms with Crippen LogP contribution >= 0.6 is 0 Å². The highest BCUT2D eigenvalue weighted by atomic mass is 15.0. The predicted molar refractivity (Wildman–Crippen MR) is 94.1 cm³/mol. The predicted octanol–water partition coefficient (Wildman–Crippen LogP) is 6.25. The Morgan fingerprint density at radius 3 is 2.33 bits per heavy atom. The molecule has 0 unspecified atom stereocenters. The molecular weight excluding hydrogens is 254 g/mol. The van der Waals surface area contributed by atoms with Gasteiger partial charge in [0.2, 0.25) is 0 Å². The zero-order valence-electron chi connectivity index (χ0n) is 14.7. The van der Waals surface area contributed by atoms with E-state index < -0.39 is 0 Å². The van der Waals surface area contributed by atoms with Gasteiger partial charge in [0.05, 0.1) is 0 Å². The molecule has 0 spiro atoms. The first-order valence-electron chi connectivity index (χ1n) is 8.44. The summed E-state index contributed by atoms with van der Waals surface area (Å²) in [4.78, 5) is 0. The number of hydrogen-bond donors (Lipinski definition) is 0. The molecule has 0 fully saturated rings. The van der Waals surface area contributed by atoms with Gasteiger partial charge in [-0.25, -0.2) is 0 Å². The molecule has 1 aromatic carbocycles. The fraction of sp³-hybridized carbons (Fsp3) is 0.600. The third-order valence-electron chi connectivity index (χ3n) is 5.14. The van der Waals surface area contributed by atoms with Gasteiger partial charge in [-0.05, 0) is 61.3 Å². The van der Waals surface area contributed by atoms with Crippen molar-refractivity contribution in [1.29, 1.82) is 0 Å². The Kier molecular flexibility index (Phi) is 4.51. The van der Waals surface area contributed by atoms with E-state index in [0.29, 0.717) is 0 Å². The summed E-state index contributed by atoms with van der Waals surface area (Å²) in [6, 6.07) is 9.31. The lowest BCUT2D eigenvalue weighted by molar-refractivity contribution is 0.354. The Morgan fingerprint density at radius 1 is 1.00 bits per heavy atom. The molecule has 0 aliphatic carbocycles. The van der Waals surface area contributed by atoms with E-state index in [-0.39, 0.29) is 11.0 Å². The quantitative estimate of drug-likeness (QED) is 0.590. The second-order valence-electron chi connectivity index (χ2n) is 7.61. The van der Waals surface area contributed by atoms with E-state index in [9.17, 15) is 0 Å². The zero-order chi connectivity index (χ0) is 15.7. The van der Waals surface area contributed by atoms with Gasteiger partial charge in [0.15, 0.2) is 0 Å². The van der Waals surface area contributed by atoms with Gasteiger partial charge in [-0.2, -0.15) is 0 Å². The lowest BCUT2D eigenvalue weighted by Crippen LogP contribution is -2.24. The second kappa shape index (κ2) is 5.87. The molecule has 0 aliphatic rings. The molecule has 1 heterocycles. The maximum Gasteiger partial charge on any atom is 0.0485 e. The largest absolute Gasteiger partial charge is 0.342 e. The number of benzene rings is 1. The number of rotatable bonds is 6. The molecule has 0 saturated heterocycles. The van der Waals surface area contributed by atoms with Crippen LogP contribution in [-0.2, 0) is 11.0 Å².